The predicted molar refractivity (Wildman–Crippen MR) is 79.0 cm³/mol. The SMILES string of the molecule is COc1nc2cnc(OC3CCC3)nc2n1C1CCCCO1. The summed E-state index contributed by atoms with van der Waals surface area (Å²) in [5, 5.41) is 0. The van der Waals surface area contributed by atoms with E-state index in [1.54, 1.807) is 13.3 Å². The van der Waals surface area contributed by atoms with Crippen molar-refractivity contribution in [3.8, 4) is 12.0 Å². The molecule has 0 spiro atoms. The Hall–Kier alpha value is -1.89. The summed E-state index contributed by atoms with van der Waals surface area (Å²) in [6, 6.07) is 0.925. The van der Waals surface area contributed by atoms with Crippen molar-refractivity contribution < 1.29 is 14.2 Å². The zero-order chi connectivity index (χ0) is 14.9. The van der Waals surface area contributed by atoms with Gasteiger partial charge in [-0.25, -0.2) is 4.98 Å². The van der Waals surface area contributed by atoms with E-state index < -0.39 is 0 Å². The largest absolute Gasteiger partial charge is 0.468 e. The summed E-state index contributed by atoms with van der Waals surface area (Å²) >= 11 is 0. The van der Waals surface area contributed by atoms with Crippen molar-refractivity contribution in [2.24, 2.45) is 0 Å². The maximum atomic E-state index is 5.87. The zero-order valence-corrected chi connectivity index (χ0v) is 12.7. The van der Waals surface area contributed by atoms with Crippen LogP contribution in [0.25, 0.3) is 11.2 Å². The number of fused-ring (bicyclic) bond motifs is 1. The molecule has 0 N–H and O–H groups in total. The molecule has 0 aromatic carbocycles. The molecule has 1 unspecified atom stereocenters. The van der Waals surface area contributed by atoms with Crippen molar-refractivity contribution in [3.63, 3.8) is 0 Å². The van der Waals surface area contributed by atoms with Crippen molar-refractivity contribution in [2.45, 2.75) is 50.9 Å². The normalized spacial score (nSPS) is 22.5. The second-order valence-electron chi connectivity index (χ2n) is 5.82. The molecule has 2 fully saturated rings. The number of hydrogen-bond acceptors (Lipinski definition) is 6. The molecule has 1 atom stereocenters. The topological polar surface area (TPSA) is 71.3 Å². The molecule has 7 nitrogen and oxygen atoms in total. The van der Waals surface area contributed by atoms with Crippen LogP contribution in [0.4, 0.5) is 0 Å². The molecule has 0 bridgehead atoms. The van der Waals surface area contributed by atoms with Crippen LogP contribution in [-0.2, 0) is 4.74 Å². The molecule has 0 radical (unpaired) electrons. The van der Waals surface area contributed by atoms with Crippen molar-refractivity contribution in [1.29, 1.82) is 0 Å². The second-order valence-corrected chi connectivity index (χ2v) is 5.82. The average Bonchev–Trinajstić information content (AvgIpc) is 2.89. The molecule has 4 rings (SSSR count). The first kappa shape index (κ1) is 13.8. The molecular weight excluding hydrogens is 284 g/mol. The second kappa shape index (κ2) is 5.72. The van der Waals surface area contributed by atoms with E-state index in [4.69, 9.17) is 14.2 Å². The summed E-state index contributed by atoms with van der Waals surface area (Å²) in [5.74, 6) is 0. The molecule has 1 saturated heterocycles. The number of aromatic nitrogens is 4. The standard InChI is InChI=1S/C15H20N4O3/c1-20-15-17-11-9-16-14(22-10-5-4-6-10)18-13(11)19(15)12-7-2-3-8-21-12/h9-10,12H,2-8H2,1H3. The molecule has 1 aliphatic heterocycles. The first-order chi connectivity index (χ1) is 10.8. The number of nitrogens with zero attached hydrogens (tertiary/aromatic N) is 4. The van der Waals surface area contributed by atoms with Crippen molar-refractivity contribution in [2.75, 3.05) is 13.7 Å². The predicted octanol–water partition coefficient (Wildman–Crippen LogP) is 2.47. The maximum absolute atomic E-state index is 5.87. The van der Waals surface area contributed by atoms with Crippen LogP contribution in [0, 0.1) is 0 Å². The lowest BCUT2D eigenvalue weighted by Gasteiger charge is -2.26. The number of methoxy groups -OCH3 is 1. The van der Waals surface area contributed by atoms with Crippen molar-refractivity contribution in [1.82, 2.24) is 19.5 Å². The van der Waals surface area contributed by atoms with E-state index in [1.165, 1.54) is 6.42 Å². The van der Waals surface area contributed by atoms with Crippen LogP contribution in [0.3, 0.4) is 0 Å². The van der Waals surface area contributed by atoms with Crippen LogP contribution < -0.4 is 9.47 Å². The summed E-state index contributed by atoms with van der Waals surface area (Å²) in [7, 11) is 1.61. The van der Waals surface area contributed by atoms with Gasteiger partial charge in [0.15, 0.2) is 5.65 Å². The van der Waals surface area contributed by atoms with Gasteiger partial charge in [0.1, 0.15) is 17.8 Å². The number of ether oxygens (including phenoxy) is 3. The fourth-order valence-electron chi connectivity index (χ4n) is 2.88. The van der Waals surface area contributed by atoms with Gasteiger partial charge in [0.05, 0.1) is 13.3 Å². The minimum atomic E-state index is -0.0832. The van der Waals surface area contributed by atoms with E-state index in [2.05, 4.69) is 15.0 Å². The molecule has 2 aromatic rings. The van der Waals surface area contributed by atoms with Gasteiger partial charge in [-0.05, 0) is 38.5 Å². The molecule has 3 heterocycles. The van der Waals surface area contributed by atoms with E-state index in [0.717, 1.165) is 38.7 Å². The Morgan fingerprint density at radius 2 is 2.09 bits per heavy atom. The minimum absolute atomic E-state index is 0.0832. The summed E-state index contributed by atoms with van der Waals surface area (Å²) in [6.07, 6.45) is 8.39. The highest BCUT2D eigenvalue weighted by Crippen LogP contribution is 2.32. The van der Waals surface area contributed by atoms with Crippen LogP contribution >= 0.6 is 0 Å². The fraction of sp³-hybridized carbons (Fsp3) is 0.667. The van der Waals surface area contributed by atoms with Gasteiger partial charge < -0.3 is 14.2 Å². The Kier molecular flexibility index (Phi) is 3.57. The van der Waals surface area contributed by atoms with E-state index in [1.807, 2.05) is 4.57 Å². The van der Waals surface area contributed by atoms with Gasteiger partial charge in [-0.3, -0.25) is 4.57 Å². The van der Waals surface area contributed by atoms with Gasteiger partial charge in [0.2, 0.25) is 0 Å². The van der Waals surface area contributed by atoms with Crippen LogP contribution in [0.15, 0.2) is 6.20 Å². The van der Waals surface area contributed by atoms with Gasteiger partial charge in [0.25, 0.3) is 0 Å². The van der Waals surface area contributed by atoms with E-state index in [-0.39, 0.29) is 12.3 Å². The highest BCUT2D eigenvalue weighted by molar-refractivity contribution is 5.71. The first-order valence-electron chi connectivity index (χ1n) is 7.92. The van der Waals surface area contributed by atoms with Gasteiger partial charge in [-0.1, -0.05) is 0 Å². The van der Waals surface area contributed by atoms with Crippen molar-refractivity contribution >= 4 is 11.2 Å². The minimum Gasteiger partial charge on any atom is -0.468 e. The van der Waals surface area contributed by atoms with Crippen molar-refractivity contribution in [3.05, 3.63) is 6.20 Å². The van der Waals surface area contributed by atoms with Crippen LogP contribution in [-0.4, -0.2) is 39.3 Å². The maximum Gasteiger partial charge on any atom is 0.318 e. The lowest BCUT2D eigenvalue weighted by molar-refractivity contribution is -0.0335. The molecule has 0 amide bonds. The molecule has 22 heavy (non-hydrogen) atoms. The fourth-order valence-corrected chi connectivity index (χ4v) is 2.88. The number of hydrogen-bond donors (Lipinski definition) is 0. The van der Waals surface area contributed by atoms with Gasteiger partial charge in [-0.2, -0.15) is 9.97 Å². The zero-order valence-electron chi connectivity index (χ0n) is 12.7. The summed E-state index contributed by atoms with van der Waals surface area (Å²) < 4.78 is 19.0. The molecular formula is C15H20N4O3. The lowest BCUT2D eigenvalue weighted by Crippen LogP contribution is -2.25. The smallest absolute Gasteiger partial charge is 0.318 e. The Balaban J connectivity index is 1.72. The Morgan fingerprint density at radius 1 is 1.18 bits per heavy atom. The third kappa shape index (κ3) is 2.39. The molecule has 7 heteroatoms. The van der Waals surface area contributed by atoms with Gasteiger partial charge in [-0.15, -0.1) is 0 Å². The molecule has 1 saturated carbocycles. The molecule has 1 aliphatic carbocycles. The highest BCUT2D eigenvalue weighted by Gasteiger charge is 2.25. The molecule has 118 valence electrons. The average molecular weight is 304 g/mol. The third-order valence-electron chi connectivity index (χ3n) is 4.33. The quantitative estimate of drug-likeness (QED) is 0.864. The van der Waals surface area contributed by atoms with Crippen LogP contribution in [0.2, 0.25) is 0 Å². The molecule has 2 aliphatic rings. The number of imidazole rings is 1. The summed E-state index contributed by atoms with van der Waals surface area (Å²) in [5.41, 5.74) is 1.42. The van der Waals surface area contributed by atoms with Crippen LogP contribution in [0.5, 0.6) is 12.0 Å². The summed E-state index contributed by atoms with van der Waals surface area (Å²) in [4.78, 5) is 13.2. The lowest BCUT2D eigenvalue weighted by atomic mass is 9.96. The van der Waals surface area contributed by atoms with E-state index >= 15 is 0 Å². The summed E-state index contributed by atoms with van der Waals surface area (Å²) in [6.45, 7) is 0.754. The van der Waals surface area contributed by atoms with Gasteiger partial charge >= 0.3 is 12.0 Å². The van der Waals surface area contributed by atoms with E-state index in [0.29, 0.717) is 23.2 Å². The van der Waals surface area contributed by atoms with Crippen LogP contribution in [0.1, 0.15) is 44.8 Å². The Morgan fingerprint density at radius 3 is 2.77 bits per heavy atom. The van der Waals surface area contributed by atoms with E-state index in [9.17, 15) is 0 Å². The monoisotopic (exact) mass is 304 g/mol. The Labute approximate surface area is 128 Å². The number of rotatable bonds is 4. The Bertz CT molecular complexity index is 662. The highest BCUT2D eigenvalue weighted by atomic mass is 16.5. The molecule has 2 aromatic heterocycles. The first-order valence-corrected chi connectivity index (χ1v) is 7.92. The van der Waals surface area contributed by atoms with Gasteiger partial charge in [0, 0.05) is 6.61 Å². The third-order valence-corrected chi connectivity index (χ3v) is 4.33.